The fourth-order valence-corrected chi connectivity index (χ4v) is 5.60. The van der Waals surface area contributed by atoms with Gasteiger partial charge in [-0.1, -0.05) is 24.3 Å². The van der Waals surface area contributed by atoms with E-state index in [1.165, 1.54) is 10.4 Å². The molecule has 1 N–H and O–H groups in total. The van der Waals surface area contributed by atoms with Crippen molar-refractivity contribution in [2.75, 3.05) is 13.1 Å². The number of sulfonamides is 1. The molecule has 0 atom stereocenters. The highest BCUT2D eigenvalue weighted by atomic mass is 32.2. The smallest absolute Gasteiger partial charge is 0.261 e. The number of nitrogens with zero attached hydrogens (tertiary/aromatic N) is 1. The van der Waals surface area contributed by atoms with E-state index in [1.54, 1.807) is 6.07 Å². The van der Waals surface area contributed by atoms with Crippen LogP contribution in [-0.2, 0) is 16.6 Å². The zero-order valence-corrected chi connectivity index (χ0v) is 15.1. The first-order valence-electron chi connectivity index (χ1n) is 7.91. The van der Waals surface area contributed by atoms with Crippen molar-refractivity contribution in [1.29, 1.82) is 0 Å². The van der Waals surface area contributed by atoms with Gasteiger partial charge in [0.2, 0.25) is 0 Å². The van der Waals surface area contributed by atoms with E-state index in [0.29, 0.717) is 24.5 Å². The van der Waals surface area contributed by atoms with Gasteiger partial charge in [0, 0.05) is 19.6 Å². The molecule has 0 spiro atoms. The van der Waals surface area contributed by atoms with Crippen LogP contribution in [0.4, 0.5) is 0 Å². The van der Waals surface area contributed by atoms with Gasteiger partial charge in [0.1, 0.15) is 4.21 Å². The van der Waals surface area contributed by atoms with Crippen molar-refractivity contribution in [2.45, 2.75) is 30.5 Å². The van der Waals surface area contributed by atoms with Crippen molar-refractivity contribution < 1.29 is 13.2 Å². The lowest BCUT2D eigenvalue weighted by Gasteiger charge is -2.13. The van der Waals surface area contributed by atoms with Crippen LogP contribution >= 0.6 is 11.3 Å². The number of carbonyl (C=O) groups is 1. The van der Waals surface area contributed by atoms with E-state index >= 15 is 0 Å². The molecular formula is C17H20N2O3S2. The topological polar surface area (TPSA) is 66.5 Å². The Balaban J connectivity index is 1.69. The predicted octanol–water partition coefficient (Wildman–Crippen LogP) is 2.77. The van der Waals surface area contributed by atoms with Crippen LogP contribution in [0, 0.1) is 6.92 Å². The second kappa shape index (κ2) is 7.04. The van der Waals surface area contributed by atoms with Crippen LogP contribution < -0.4 is 5.32 Å². The largest absolute Gasteiger partial charge is 0.347 e. The van der Waals surface area contributed by atoms with Crippen molar-refractivity contribution in [3.63, 3.8) is 0 Å². The Kier molecular flexibility index (Phi) is 5.03. The summed E-state index contributed by atoms with van der Waals surface area (Å²) in [4.78, 5) is 12.7. The van der Waals surface area contributed by atoms with E-state index in [2.05, 4.69) is 5.32 Å². The maximum atomic E-state index is 12.5. The molecule has 1 fully saturated rings. The van der Waals surface area contributed by atoms with E-state index in [9.17, 15) is 13.2 Å². The highest BCUT2D eigenvalue weighted by molar-refractivity contribution is 7.91. The number of amides is 1. The van der Waals surface area contributed by atoms with Gasteiger partial charge in [-0.2, -0.15) is 4.31 Å². The zero-order valence-electron chi connectivity index (χ0n) is 13.5. The number of carbonyl (C=O) groups excluding carboxylic acids is 1. The average Bonchev–Trinajstić information content (AvgIpc) is 3.25. The highest BCUT2D eigenvalue weighted by Gasteiger charge is 2.29. The molecule has 1 amide bonds. The third-order valence-corrected chi connectivity index (χ3v) is 7.62. The molecular weight excluding hydrogens is 344 g/mol. The summed E-state index contributed by atoms with van der Waals surface area (Å²) in [6.07, 6.45) is 1.79. The molecule has 7 heteroatoms. The molecule has 2 heterocycles. The molecule has 128 valence electrons. The Morgan fingerprint density at radius 2 is 1.88 bits per heavy atom. The van der Waals surface area contributed by atoms with Crippen molar-refractivity contribution >= 4 is 27.3 Å². The Morgan fingerprint density at radius 3 is 2.58 bits per heavy atom. The molecule has 24 heavy (non-hydrogen) atoms. The zero-order chi connectivity index (χ0) is 17.2. The monoisotopic (exact) mass is 364 g/mol. The number of rotatable bonds is 5. The van der Waals surface area contributed by atoms with Crippen LogP contribution in [-0.4, -0.2) is 31.7 Å². The third kappa shape index (κ3) is 3.53. The standard InChI is InChI=1S/C17H20N2O3S2/c1-13-6-2-3-7-14(13)12-18-17(20)15-8-9-16(23-15)24(21,22)19-10-4-5-11-19/h2-3,6-9H,4-5,10-12H2,1H3,(H,18,20). The molecule has 1 aliphatic rings. The first kappa shape index (κ1) is 17.1. The number of aryl methyl sites for hydroxylation is 1. The van der Waals surface area contributed by atoms with Crippen LogP contribution in [0.5, 0.6) is 0 Å². The lowest BCUT2D eigenvalue weighted by molar-refractivity contribution is 0.0955. The number of thiophene rings is 1. The van der Waals surface area contributed by atoms with Crippen LogP contribution in [0.2, 0.25) is 0 Å². The summed E-state index contributed by atoms with van der Waals surface area (Å²) in [6, 6.07) is 11.0. The molecule has 2 aromatic rings. The summed E-state index contributed by atoms with van der Waals surface area (Å²) in [7, 11) is -3.45. The Labute approximate surface area is 146 Å². The van der Waals surface area contributed by atoms with Crippen LogP contribution in [0.1, 0.15) is 33.6 Å². The van der Waals surface area contributed by atoms with Gasteiger partial charge in [0.25, 0.3) is 15.9 Å². The van der Waals surface area contributed by atoms with Gasteiger partial charge < -0.3 is 5.32 Å². The van der Waals surface area contributed by atoms with Gasteiger partial charge in [0.05, 0.1) is 4.88 Å². The van der Waals surface area contributed by atoms with E-state index in [4.69, 9.17) is 0 Å². The fourth-order valence-electron chi connectivity index (χ4n) is 2.71. The average molecular weight is 364 g/mol. The Bertz CT molecular complexity index is 837. The van der Waals surface area contributed by atoms with Gasteiger partial charge in [-0.3, -0.25) is 4.79 Å². The molecule has 0 unspecified atom stereocenters. The Morgan fingerprint density at radius 1 is 1.17 bits per heavy atom. The molecule has 0 saturated carbocycles. The normalized spacial score (nSPS) is 15.5. The summed E-state index contributed by atoms with van der Waals surface area (Å²) < 4.78 is 26.7. The Hall–Kier alpha value is -1.70. The van der Waals surface area contributed by atoms with E-state index in [-0.39, 0.29) is 10.1 Å². The first-order valence-corrected chi connectivity index (χ1v) is 10.2. The van der Waals surface area contributed by atoms with Gasteiger partial charge in [-0.15, -0.1) is 11.3 Å². The van der Waals surface area contributed by atoms with E-state index in [1.807, 2.05) is 31.2 Å². The minimum absolute atomic E-state index is 0.241. The second-order valence-electron chi connectivity index (χ2n) is 5.84. The van der Waals surface area contributed by atoms with Gasteiger partial charge in [0.15, 0.2) is 0 Å². The molecule has 1 aromatic heterocycles. The molecule has 5 nitrogen and oxygen atoms in total. The van der Waals surface area contributed by atoms with Crippen molar-refractivity contribution in [2.24, 2.45) is 0 Å². The predicted molar refractivity (Wildman–Crippen MR) is 94.7 cm³/mol. The maximum Gasteiger partial charge on any atom is 0.261 e. The minimum atomic E-state index is -3.45. The van der Waals surface area contributed by atoms with Crippen LogP contribution in [0.3, 0.4) is 0 Å². The summed E-state index contributed by atoms with van der Waals surface area (Å²) in [5.74, 6) is -0.244. The maximum absolute atomic E-state index is 12.5. The molecule has 3 rings (SSSR count). The molecule has 1 aliphatic heterocycles. The minimum Gasteiger partial charge on any atom is -0.347 e. The summed E-state index contributed by atoms with van der Waals surface area (Å²) in [5.41, 5.74) is 2.16. The molecule has 1 aromatic carbocycles. The van der Waals surface area contributed by atoms with Gasteiger partial charge in [-0.25, -0.2) is 8.42 Å². The second-order valence-corrected chi connectivity index (χ2v) is 9.09. The van der Waals surface area contributed by atoms with Crippen molar-refractivity contribution in [3.05, 3.63) is 52.4 Å². The SMILES string of the molecule is Cc1ccccc1CNC(=O)c1ccc(S(=O)(=O)N2CCCC2)s1. The molecule has 0 radical (unpaired) electrons. The van der Waals surface area contributed by atoms with Crippen LogP contribution in [0.15, 0.2) is 40.6 Å². The summed E-state index contributed by atoms with van der Waals surface area (Å²) >= 11 is 1.03. The van der Waals surface area contributed by atoms with E-state index in [0.717, 1.165) is 35.3 Å². The summed E-state index contributed by atoms with van der Waals surface area (Å²) in [6.45, 7) is 3.55. The lowest BCUT2D eigenvalue weighted by Crippen LogP contribution is -2.27. The summed E-state index contributed by atoms with van der Waals surface area (Å²) in [5, 5.41) is 2.85. The quantitative estimate of drug-likeness (QED) is 0.887. The van der Waals surface area contributed by atoms with Gasteiger partial charge in [-0.05, 0) is 43.0 Å². The van der Waals surface area contributed by atoms with Gasteiger partial charge >= 0.3 is 0 Å². The fraction of sp³-hybridized carbons (Fsp3) is 0.353. The molecule has 0 aliphatic carbocycles. The molecule has 0 bridgehead atoms. The number of hydrogen-bond donors (Lipinski definition) is 1. The van der Waals surface area contributed by atoms with Crippen molar-refractivity contribution in [1.82, 2.24) is 9.62 Å². The van der Waals surface area contributed by atoms with Crippen LogP contribution in [0.25, 0.3) is 0 Å². The first-order chi connectivity index (χ1) is 11.5. The molecule has 1 saturated heterocycles. The number of benzene rings is 1. The van der Waals surface area contributed by atoms with Crippen molar-refractivity contribution in [3.8, 4) is 0 Å². The van der Waals surface area contributed by atoms with E-state index < -0.39 is 10.0 Å². The number of nitrogens with one attached hydrogen (secondary N) is 1. The number of hydrogen-bond acceptors (Lipinski definition) is 4. The highest BCUT2D eigenvalue weighted by Crippen LogP contribution is 2.27. The lowest BCUT2D eigenvalue weighted by atomic mass is 10.1. The third-order valence-electron chi connectivity index (χ3n) is 4.16.